The first-order chi connectivity index (χ1) is 7.66. The molecule has 1 heterocycles. The van der Waals surface area contributed by atoms with Gasteiger partial charge in [-0.15, -0.1) is 0 Å². The summed E-state index contributed by atoms with van der Waals surface area (Å²) in [6.07, 6.45) is -1.69. The molecule has 0 spiro atoms. The fraction of sp³-hybridized carbons (Fsp3) is 0.364. The molecule has 16 heavy (non-hydrogen) atoms. The molecule has 5 heteroatoms. The van der Waals surface area contributed by atoms with Crippen molar-refractivity contribution < 1.29 is 15.0 Å². The molecular formula is C11H14N2O3. The van der Waals surface area contributed by atoms with Gasteiger partial charge in [0.2, 0.25) is 0 Å². The van der Waals surface area contributed by atoms with Gasteiger partial charge >= 0.3 is 6.03 Å². The largest absolute Gasteiger partial charge is 0.388 e. The molecule has 1 fully saturated rings. The lowest BCUT2D eigenvalue weighted by molar-refractivity contribution is 0.0572. The van der Waals surface area contributed by atoms with Gasteiger partial charge in [-0.3, -0.25) is 0 Å². The third kappa shape index (κ3) is 2.32. The van der Waals surface area contributed by atoms with Crippen LogP contribution in [0.3, 0.4) is 0 Å². The minimum absolute atomic E-state index is 0.167. The smallest absolute Gasteiger partial charge is 0.322 e. The number of nitrogens with one attached hydrogen (secondary N) is 1. The number of anilines is 1. The van der Waals surface area contributed by atoms with Gasteiger partial charge in [0.15, 0.2) is 0 Å². The molecule has 1 aromatic rings. The number of nitrogens with zero attached hydrogens (tertiary/aromatic N) is 1. The number of carbonyl (C=O) groups excluding carboxylic acids is 1. The van der Waals surface area contributed by atoms with E-state index in [2.05, 4.69) is 5.32 Å². The van der Waals surface area contributed by atoms with Gasteiger partial charge in [-0.05, 0) is 12.1 Å². The van der Waals surface area contributed by atoms with Gasteiger partial charge in [0.05, 0.1) is 25.3 Å². The van der Waals surface area contributed by atoms with Gasteiger partial charge in [-0.1, -0.05) is 18.2 Å². The van der Waals surface area contributed by atoms with Crippen LogP contribution in [0.2, 0.25) is 0 Å². The van der Waals surface area contributed by atoms with Crippen molar-refractivity contribution in [1.82, 2.24) is 4.90 Å². The van der Waals surface area contributed by atoms with Crippen molar-refractivity contribution in [2.24, 2.45) is 0 Å². The minimum Gasteiger partial charge on any atom is -0.388 e. The summed E-state index contributed by atoms with van der Waals surface area (Å²) in [6, 6.07) is 8.76. The summed E-state index contributed by atoms with van der Waals surface area (Å²) >= 11 is 0. The third-order valence-corrected chi connectivity index (χ3v) is 2.57. The van der Waals surface area contributed by atoms with Crippen LogP contribution >= 0.6 is 0 Å². The molecule has 1 aliphatic heterocycles. The standard InChI is InChI=1S/C11H14N2O3/c14-9-6-13(7-10(9)15)11(16)12-8-4-2-1-3-5-8/h1-5,9-10,14-15H,6-7H2,(H,12,16)/t9-,10+. The zero-order chi connectivity index (χ0) is 11.5. The Morgan fingerprint density at radius 1 is 1.19 bits per heavy atom. The Morgan fingerprint density at radius 3 is 2.31 bits per heavy atom. The Kier molecular flexibility index (Phi) is 3.07. The first kappa shape index (κ1) is 10.9. The van der Waals surface area contributed by atoms with E-state index in [0.29, 0.717) is 5.69 Å². The van der Waals surface area contributed by atoms with E-state index in [0.717, 1.165) is 0 Å². The van der Waals surface area contributed by atoms with Crippen molar-refractivity contribution in [3.05, 3.63) is 30.3 Å². The fourth-order valence-corrected chi connectivity index (χ4v) is 1.66. The SMILES string of the molecule is O=C(Nc1ccccc1)N1C[C@@H](O)[C@@H](O)C1. The molecule has 0 bridgehead atoms. The van der Waals surface area contributed by atoms with Crippen molar-refractivity contribution in [1.29, 1.82) is 0 Å². The number of benzene rings is 1. The molecule has 0 aromatic heterocycles. The summed E-state index contributed by atoms with van der Waals surface area (Å²) in [5.74, 6) is 0. The molecule has 5 nitrogen and oxygen atoms in total. The zero-order valence-corrected chi connectivity index (χ0v) is 8.71. The van der Waals surface area contributed by atoms with Crippen molar-refractivity contribution in [2.45, 2.75) is 12.2 Å². The number of aliphatic hydroxyl groups is 2. The second kappa shape index (κ2) is 4.51. The second-order valence-corrected chi connectivity index (χ2v) is 3.84. The number of rotatable bonds is 1. The van der Waals surface area contributed by atoms with Crippen LogP contribution in [-0.4, -0.2) is 46.4 Å². The maximum atomic E-state index is 11.7. The van der Waals surface area contributed by atoms with E-state index in [1.165, 1.54) is 4.90 Å². The van der Waals surface area contributed by atoms with Crippen LogP contribution in [0.5, 0.6) is 0 Å². The lowest BCUT2D eigenvalue weighted by Crippen LogP contribution is -2.33. The van der Waals surface area contributed by atoms with Gasteiger partial charge in [0, 0.05) is 5.69 Å². The Hall–Kier alpha value is -1.59. The Labute approximate surface area is 93.3 Å². The highest BCUT2D eigenvalue weighted by atomic mass is 16.3. The number of hydrogen-bond acceptors (Lipinski definition) is 3. The molecule has 1 aliphatic rings. The summed E-state index contributed by atoms with van der Waals surface area (Å²) in [4.78, 5) is 13.1. The van der Waals surface area contributed by atoms with Gasteiger partial charge in [-0.25, -0.2) is 4.79 Å². The molecule has 2 rings (SSSR count). The average Bonchev–Trinajstić information content (AvgIpc) is 2.61. The number of carbonyl (C=O) groups is 1. The quantitative estimate of drug-likeness (QED) is 0.638. The van der Waals surface area contributed by atoms with Crippen LogP contribution in [0.15, 0.2) is 30.3 Å². The molecule has 2 amide bonds. The van der Waals surface area contributed by atoms with Crippen molar-refractivity contribution in [2.75, 3.05) is 18.4 Å². The number of β-amino-alcohol motifs (C(OH)–C–C–N with tert-alkyl or cyclic N) is 2. The minimum atomic E-state index is -0.846. The van der Waals surface area contributed by atoms with Crippen LogP contribution in [-0.2, 0) is 0 Å². The summed E-state index contributed by atoms with van der Waals surface area (Å²) < 4.78 is 0. The number of aliphatic hydroxyl groups excluding tert-OH is 2. The van der Waals surface area contributed by atoms with Crippen LogP contribution < -0.4 is 5.32 Å². The van der Waals surface area contributed by atoms with E-state index in [1.54, 1.807) is 12.1 Å². The highest BCUT2D eigenvalue weighted by Crippen LogP contribution is 2.12. The number of para-hydroxylation sites is 1. The maximum absolute atomic E-state index is 11.7. The van der Waals surface area contributed by atoms with Crippen molar-refractivity contribution in [3.63, 3.8) is 0 Å². The molecule has 0 saturated carbocycles. The molecular weight excluding hydrogens is 208 g/mol. The molecule has 1 saturated heterocycles. The van der Waals surface area contributed by atoms with Gasteiger partial charge in [-0.2, -0.15) is 0 Å². The lowest BCUT2D eigenvalue weighted by atomic mass is 10.3. The lowest BCUT2D eigenvalue weighted by Gasteiger charge is -2.16. The van der Waals surface area contributed by atoms with E-state index >= 15 is 0 Å². The molecule has 0 unspecified atom stereocenters. The van der Waals surface area contributed by atoms with E-state index in [4.69, 9.17) is 0 Å². The van der Waals surface area contributed by atoms with E-state index < -0.39 is 12.2 Å². The molecule has 3 N–H and O–H groups in total. The average molecular weight is 222 g/mol. The predicted molar refractivity (Wildman–Crippen MR) is 59.0 cm³/mol. The Balaban J connectivity index is 1.95. The molecule has 86 valence electrons. The number of hydrogen-bond donors (Lipinski definition) is 3. The molecule has 2 atom stereocenters. The van der Waals surface area contributed by atoms with E-state index in [-0.39, 0.29) is 19.1 Å². The summed E-state index contributed by atoms with van der Waals surface area (Å²) in [5.41, 5.74) is 0.698. The highest BCUT2D eigenvalue weighted by Gasteiger charge is 2.32. The first-order valence-corrected chi connectivity index (χ1v) is 5.14. The van der Waals surface area contributed by atoms with Crippen LogP contribution in [0.4, 0.5) is 10.5 Å². The summed E-state index contributed by atoms with van der Waals surface area (Å²) in [5, 5.41) is 21.3. The predicted octanol–water partition coefficient (Wildman–Crippen LogP) is 0.256. The zero-order valence-electron chi connectivity index (χ0n) is 8.71. The van der Waals surface area contributed by atoms with Gasteiger partial charge in [0.1, 0.15) is 0 Å². The van der Waals surface area contributed by atoms with Crippen LogP contribution in [0.25, 0.3) is 0 Å². The van der Waals surface area contributed by atoms with Gasteiger partial charge in [0.25, 0.3) is 0 Å². The summed E-state index contributed by atoms with van der Waals surface area (Å²) in [7, 11) is 0. The third-order valence-electron chi connectivity index (χ3n) is 2.57. The number of urea groups is 1. The Morgan fingerprint density at radius 2 is 1.75 bits per heavy atom. The van der Waals surface area contributed by atoms with Crippen molar-refractivity contribution in [3.8, 4) is 0 Å². The topological polar surface area (TPSA) is 72.8 Å². The van der Waals surface area contributed by atoms with Gasteiger partial charge < -0.3 is 20.4 Å². The van der Waals surface area contributed by atoms with Crippen molar-refractivity contribution >= 4 is 11.7 Å². The first-order valence-electron chi connectivity index (χ1n) is 5.14. The normalized spacial score (nSPS) is 24.5. The molecule has 0 radical (unpaired) electrons. The monoisotopic (exact) mass is 222 g/mol. The van der Waals surface area contributed by atoms with E-state index in [9.17, 15) is 15.0 Å². The maximum Gasteiger partial charge on any atom is 0.322 e. The van der Waals surface area contributed by atoms with Crippen LogP contribution in [0, 0.1) is 0 Å². The second-order valence-electron chi connectivity index (χ2n) is 3.84. The van der Waals surface area contributed by atoms with E-state index in [1.807, 2.05) is 18.2 Å². The Bertz CT molecular complexity index is 359. The number of likely N-dealkylation sites (tertiary alicyclic amines) is 1. The highest BCUT2D eigenvalue weighted by molar-refractivity contribution is 5.89. The fourth-order valence-electron chi connectivity index (χ4n) is 1.66. The number of amides is 2. The molecule has 0 aliphatic carbocycles. The van der Waals surface area contributed by atoms with Crippen LogP contribution in [0.1, 0.15) is 0 Å². The summed E-state index contributed by atoms with van der Waals surface area (Å²) in [6.45, 7) is 0.333. The molecule has 1 aromatic carbocycles.